The molecule has 11 heavy (non-hydrogen) atoms. The summed E-state index contributed by atoms with van der Waals surface area (Å²) in [5, 5.41) is 8.85. The normalized spacial score (nSPS) is 31.3. The van der Waals surface area contributed by atoms with Crippen molar-refractivity contribution in [1.29, 1.82) is 0 Å². The first-order chi connectivity index (χ1) is 5.04. The van der Waals surface area contributed by atoms with Gasteiger partial charge < -0.3 is 5.11 Å². The molecule has 0 aromatic carbocycles. The second-order valence-corrected chi connectivity index (χ2v) is 3.62. The van der Waals surface area contributed by atoms with Crippen molar-refractivity contribution in [2.75, 3.05) is 0 Å². The number of aliphatic carboxylic acids is 1. The highest BCUT2D eigenvalue weighted by molar-refractivity contribution is 5.74. The van der Waals surface area contributed by atoms with E-state index in [2.05, 4.69) is 6.92 Å². The number of carbonyl (C=O) groups is 1. The predicted octanol–water partition coefficient (Wildman–Crippen LogP) is 2.21. The predicted molar refractivity (Wildman–Crippen MR) is 43.4 cm³/mol. The fourth-order valence-electron chi connectivity index (χ4n) is 1.27. The Morgan fingerprint density at radius 2 is 2.36 bits per heavy atom. The molecule has 0 bridgehead atoms. The summed E-state index contributed by atoms with van der Waals surface area (Å²) >= 11 is 0. The summed E-state index contributed by atoms with van der Waals surface area (Å²) in [5.41, 5.74) is 0.822. The molecule has 0 saturated heterocycles. The van der Waals surface area contributed by atoms with E-state index >= 15 is 0 Å². The van der Waals surface area contributed by atoms with Crippen LogP contribution in [0.2, 0.25) is 0 Å². The first-order valence-corrected chi connectivity index (χ1v) is 3.94. The van der Waals surface area contributed by atoms with Gasteiger partial charge in [-0.2, -0.15) is 0 Å². The number of hydrogen-bond donors (Lipinski definition) is 1. The average Bonchev–Trinajstić information content (AvgIpc) is 1.95. The van der Waals surface area contributed by atoms with Crippen LogP contribution in [0.5, 0.6) is 0 Å². The molecule has 1 aliphatic rings. The number of allylic oxidation sites excluding steroid dienone is 2. The maximum Gasteiger partial charge on any atom is 0.309 e. The van der Waals surface area contributed by atoms with Gasteiger partial charge >= 0.3 is 5.97 Å². The average molecular weight is 154 g/mol. The van der Waals surface area contributed by atoms with Gasteiger partial charge in [0.2, 0.25) is 0 Å². The van der Waals surface area contributed by atoms with Gasteiger partial charge in [0.25, 0.3) is 0 Å². The van der Waals surface area contributed by atoms with E-state index in [-0.39, 0.29) is 0 Å². The highest BCUT2D eigenvalue weighted by Crippen LogP contribution is 2.34. The molecule has 0 heterocycles. The van der Waals surface area contributed by atoms with E-state index in [1.165, 1.54) is 5.57 Å². The quantitative estimate of drug-likeness (QED) is 0.588. The van der Waals surface area contributed by atoms with Crippen molar-refractivity contribution in [2.45, 2.75) is 33.1 Å². The van der Waals surface area contributed by atoms with Crippen LogP contribution >= 0.6 is 0 Å². The zero-order valence-electron chi connectivity index (χ0n) is 7.05. The molecule has 1 aliphatic carbocycles. The van der Waals surface area contributed by atoms with Gasteiger partial charge in [0.15, 0.2) is 0 Å². The summed E-state index contributed by atoms with van der Waals surface area (Å²) in [7, 11) is 0. The molecule has 2 heteroatoms. The van der Waals surface area contributed by atoms with Crippen LogP contribution in [-0.2, 0) is 4.79 Å². The summed E-state index contributed by atoms with van der Waals surface area (Å²) < 4.78 is 0. The number of carboxylic acids is 1. The highest BCUT2D eigenvalue weighted by atomic mass is 16.4. The molecule has 1 rings (SSSR count). The van der Waals surface area contributed by atoms with Gasteiger partial charge in [-0.05, 0) is 33.1 Å². The van der Waals surface area contributed by atoms with Crippen molar-refractivity contribution in [3.63, 3.8) is 0 Å². The first kappa shape index (κ1) is 8.31. The molecular weight excluding hydrogens is 140 g/mol. The summed E-state index contributed by atoms with van der Waals surface area (Å²) in [4.78, 5) is 10.8. The van der Waals surface area contributed by atoms with Crippen molar-refractivity contribution in [3.8, 4) is 0 Å². The maximum atomic E-state index is 10.8. The summed E-state index contributed by atoms with van der Waals surface area (Å²) in [6, 6.07) is 0. The van der Waals surface area contributed by atoms with Crippen LogP contribution in [0.4, 0.5) is 0 Å². The van der Waals surface area contributed by atoms with Crippen LogP contribution in [0.3, 0.4) is 0 Å². The topological polar surface area (TPSA) is 37.3 Å². The lowest BCUT2D eigenvalue weighted by Gasteiger charge is -2.27. The Labute approximate surface area is 66.9 Å². The van der Waals surface area contributed by atoms with Crippen molar-refractivity contribution in [3.05, 3.63) is 11.6 Å². The number of carboxylic acid groups (broad SMARTS) is 1. The number of rotatable bonds is 1. The molecule has 1 N–H and O–H groups in total. The minimum atomic E-state index is -0.666. The molecule has 1 atom stereocenters. The second-order valence-electron chi connectivity index (χ2n) is 3.62. The molecule has 0 amide bonds. The Morgan fingerprint density at radius 1 is 1.73 bits per heavy atom. The maximum absolute atomic E-state index is 10.8. The van der Waals surface area contributed by atoms with Gasteiger partial charge in [0.1, 0.15) is 0 Å². The molecule has 0 spiro atoms. The second kappa shape index (κ2) is 2.68. The van der Waals surface area contributed by atoms with Crippen molar-refractivity contribution in [2.24, 2.45) is 5.41 Å². The third kappa shape index (κ3) is 1.62. The van der Waals surface area contributed by atoms with E-state index in [1.54, 1.807) is 0 Å². The summed E-state index contributed by atoms with van der Waals surface area (Å²) in [6.07, 6.45) is 4.44. The van der Waals surface area contributed by atoms with Crippen LogP contribution in [0.1, 0.15) is 33.1 Å². The third-order valence-electron chi connectivity index (χ3n) is 2.49. The van der Waals surface area contributed by atoms with E-state index in [1.807, 2.05) is 13.0 Å². The standard InChI is InChI=1S/C9H14O2/c1-7-3-5-9(2,6-4-7)8(10)11/h3H,4-6H2,1-2H3,(H,10,11)/t9-/m1/s1. The van der Waals surface area contributed by atoms with Gasteiger partial charge in [-0.1, -0.05) is 11.6 Å². The smallest absolute Gasteiger partial charge is 0.309 e. The minimum absolute atomic E-state index is 0.500. The molecule has 2 nitrogen and oxygen atoms in total. The molecular formula is C9H14O2. The Balaban J connectivity index is 2.71. The van der Waals surface area contributed by atoms with Gasteiger partial charge in [-0.15, -0.1) is 0 Å². The first-order valence-electron chi connectivity index (χ1n) is 3.94. The molecule has 0 aliphatic heterocycles. The summed E-state index contributed by atoms with van der Waals surface area (Å²) in [5.74, 6) is -0.666. The Kier molecular flexibility index (Phi) is 2.03. The molecule has 0 unspecified atom stereocenters. The van der Waals surface area contributed by atoms with E-state index in [0.29, 0.717) is 6.42 Å². The molecule has 0 saturated carbocycles. The van der Waals surface area contributed by atoms with Gasteiger partial charge in [0, 0.05) is 0 Å². The monoisotopic (exact) mass is 154 g/mol. The fraction of sp³-hybridized carbons (Fsp3) is 0.667. The van der Waals surface area contributed by atoms with Gasteiger partial charge in [-0.25, -0.2) is 0 Å². The van der Waals surface area contributed by atoms with E-state index in [0.717, 1.165) is 12.8 Å². The largest absolute Gasteiger partial charge is 0.481 e. The lowest BCUT2D eigenvalue weighted by molar-refractivity contribution is -0.148. The Morgan fingerprint density at radius 3 is 2.73 bits per heavy atom. The summed E-state index contributed by atoms with van der Waals surface area (Å²) in [6.45, 7) is 3.87. The van der Waals surface area contributed by atoms with Crippen molar-refractivity contribution < 1.29 is 9.90 Å². The molecule has 62 valence electrons. The van der Waals surface area contributed by atoms with E-state index < -0.39 is 11.4 Å². The SMILES string of the molecule is CC1=CC[C@@](C)(C(=O)O)CC1. The van der Waals surface area contributed by atoms with Crippen LogP contribution in [-0.4, -0.2) is 11.1 Å². The van der Waals surface area contributed by atoms with E-state index in [4.69, 9.17) is 5.11 Å². The van der Waals surface area contributed by atoms with Crippen molar-refractivity contribution >= 4 is 5.97 Å². The van der Waals surface area contributed by atoms with Crippen LogP contribution in [0.15, 0.2) is 11.6 Å². The van der Waals surface area contributed by atoms with E-state index in [9.17, 15) is 4.79 Å². The van der Waals surface area contributed by atoms with Crippen LogP contribution in [0, 0.1) is 5.41 Å². The Hall–Kier alpha value is -0.790. The van der Waals surface area contributed by atoms with Gasteiger partial charge in [-0.3, -0.25) is 4.79 Å². The van der Waals surface area contributed by atoms with Crippen molar-refractivity contribution in [1.82, 2.24) is 0 Å². The molecule has 0 radical (unpaired) electrons. The Bertz CT molecular complexity index is 206. The lowest BCUT2D eigenvalue weighted by atomic mass is 9.77. The molecule has 0 aromatic heterocycles. The van der Waals surface area contributed by atoms with Crippen LogP contribution in [0.25, 0.3) is 0 Å². The molecule has 0 fully saturated rings. The third-order valence-corrected chi connectivity index (χ3v) is 2.49. The highest BCUT2D eigenvalue weighted by Gasteiger charge is 2.33. The minimum Gasteiger partial charge on any atom is -0.481 e. The lowest BCUT2D eigenvalue weighted by Crippen LogP contribution is -2.28. The fourth-order valence-corrected chi connectivity index (χ4v) is 1.27. The number of hydrogen-bond acceptors (Lipinski definition) is 1. The van der Waals surface area contributed by atoms with Crippen LogP contribution < -0.4 is 0 Å². The molecule has 0 aromatic rings. The zero-order valence-corrected chi connectivity index (χ0v) is 7.05. The van der Waals surface area contributed by atoms with Gasteiger partial charge in [0.05, 0.1) is 5.41 Å². The zero-order chi connectivity index (χ0) is 8.48.